The number of rotatable bonds is 1. The summed E-state index contributed by atoms with van der Waals surface area (Å²) in [6, 6.07) is 4.44. The van der Waals surface area contributed by atoms with Gasteiger partial charge < -0.3 is 4.52 Å². The first kappa shape index (κ1) is 13.2. The third-order valence-electron chi connectivity index (χ3n) is 4.03. The standard InChI is InChI=1S/C18H21NO/c1-12-10-13(2)17(14(3)11-12)18-15-8-6-4-5-7-9-16(15)20-19-18/h6,8,10-11H,4-5,7,9H2,1-3H3/b8-6-. The van der Waals surface area contributed by atoms with Gasteiger partial charge in [0.1, 0.15) is 11.5 Å². The van der Waals surface area contributed by atoms with Gasteiger partial charge in [-0.2, -0.15) is 0 Å². The Kier molecular flexibility index (Phi) is 3.47. The lowest BCUT2D eigenvalue weighted by atomic mass is 9.93. The second-order valence-electron chi connectivity index (χ2n) is 5.79. The second-order valence-corrected chi connectivity index (χ2v) is 5.79. The molecule has 3 rings (SSSR count). The van der Waals surface area contributed by atoms with Crippen molar-refractivity contribution >= 4 is 6.08 Å². The van der Waals surface area contributed by atoms with E-state index in [0.29, 0.717) is 0 Å². The Morgan fingerprint density at radius 3 is 2.55 bits per heavy atom. The topological polar surface area (TPSA) is 26.0 Å². The summed E-state index contributed by atoms with van der Waals surface area (Å²) in [5.41, 5.74) is 7.26. The summed E-state index contributed by atoms with van der Waals surface area (Å²) in [4.78, 5) is 0. The SMILES string of the molecule is Cc1cc(C)c(-c2noc3c2/C=C\CCCC3)c(C)c1. The summed E-state index contributed by atoms with van der Waals surface area (Å²) in [5.74, 6) is 1.04. The largest absolute Gasteiger partial charge is 0.360 e. The van der Waals surface area contributed by atoms with E-state index in [1.807, 2.05) is 0 Å². The molecule has 1 aliphatic carbocycles. The molecule has 2 heteroatoms. The Morgan fingerprint density at radius 2 is 1.80 bits per heavy atom. The lowest BCUT2D eigenvalue weighted by Crippen LogP contribution is -1.94. The molecule has 0 spiro atoms. The van der Waals surface area contributed by atoms with E-state index in [9.17, 15) is 0 Å². The van der Waals surface area contributed by atoms with Crippen LogP contribution in [0.15, 0.2) is 22.7 Å². The molecule has 0 fully saturated rings. The molecule has 1 aromatic heterocycles. The molecule has 2 aromatic rings. The van der Waals surface area contributed by atoms with Crippen molar-refractivity contribution in [3.63, 3.8) is 0 Å². The first-order chi connectivity index (χ1) is 9.66. The molecule has 1 aliphatic rings. The van der Waals surface area contributed by atoms with Gasteiger partial charge in [0.15, 0.2) is 0 Å². The number of aryl methyl sites for hydroxylation is 4. The summed E-state index contributed by atoms with van der Waals surface area (Å²) in [5, 5.41) is 4.38. The van der Waals surface area contributed by atoms with Gasteiger partial charge in [0, 0.05) is 17.5 Å². The van der Waals surface area contributed by atoms with Crippen LogP contribution in [0, 0.1) is 20.8 Å². The molecule has 2 nitrogen and oxygen atoms in total. The fourth-order valence-electron chi connectivity index (χ4n) is 3.17. The van der Waals surface area contributed by atoms with E-state index in [-0.39, 0.29) is 0 Å². The number of fused-ring (bicyclic) bond motifs is 1. The minimum Gasteiger partial charge on any atom is -0.360 e. The highest BCUT2D eigenvalue weighted by Gasteiger charge is 2.19. The van der Waals surface area contributed by atoms with Crippen LogP contribution >= 0.6 is 0 Å². The van der Waals surface area contributed by atoms with Crippen LogP contribution in [0.2, 0.25) is 0 Å². The van der Waals surface area contributed by atoms with Gasteiger partial charge >= 0.3 is 0 Å². The predicted octanol–water partition coefficient (Wildman–Crippen LogP) is 5.01. The second kappa shape index (κ2) is 5.28. The van der Waals surface area contributed by atoms with Crippen molar-refractivity contribution < 1.29 is 4.52 Å². The van der Waals surface area contributed by atoms with Crippen LogP contribution < -0.4 is 0 Å². The summed E-state index contributed by atoms with van der Waals surface area (Å²) in [6.45, 7) is 6.45. The third-order valence-corrected chi connectivity index (χ3v) is 4.03. The Balaban J connectivity index is 2.17. The summed E-state index contributed by atoms with van der Waals surface area (Å²) >= 11 is 0. The van der Waals surface area contributed by atoms with E-state index in [2.05, 4.69) is 50.2 Å². The van der Waals surface area contributed by atoms with E-state index in [1.54, 1.807) is 0 Å². The van der Waals surface area contributed by atoms with E-state index in [1.165, 1.54) is 40.7 Å². The van der Waals surface area contributed by atoms with Crippen molar-refractivity contribution in [2.75, 3.05) is 0 Å². The molecule has 0 amide bonds. The number of nitrogens with zero attached hydrogens (tertiary/aromatic N) is 1. The minimum atomic E-state index is 0.997. The minimum absolute atomic E-state index is 0.997. The van der Waals surface area contributed by atoms with Crippen LogP contribution in [-0.4, -0.2) is 5.16 Å². The Labute approximate surface area is 120 Å². The molecule has 0 bridgehead atoms. The van der Waals surface area contributed by atoms with E-state index in [4.69, 9.17) is 4.52 Å². The number of hydrogen-bond donors (Lipinski definition) is 0. The maximum absolute atomic E-state index is 5.62. The molecule has 1 heterocycles. The quantitative estimate of drug-likeness (QED) is 0.726. The molecular weight excluding hydrogens is 246 g/mol. The van der Waals surface area contributed by atoms with Crippen molar-refractivity contribution in [2.24, 2.45) is 0 Å². The molecule has 0 N–H and O–H groups in total. The van der Waals surface area contributed by atoms with Crippen LogP contribution in [0.5, 0.6) is 0 Å². The fraction of sp³-hybridized carbons (Fsp3) is 0.389. The molecule has 104 valence electrons. The summed E-state index contributed by atoms with van der Waals surface area (Å²) < 4.78 is 5.62. The van der Waals surface area contributed by atoms with Crippen LogP contribution in [0.1, 0.15) is 47.3 Å². The van der Waals surface area contributed by atoms with Gasteiger partial charge in [-0.25, -0.2) is 0 Å². The molecule has 0 aliphatic heterocycles. The average Bonchev–Trinajstić information content (AvgIpc) is 2.70. The summed E-state index contributed by atoms with van der Waals surface area (Å²) in [6.07, 6.45) is 9.00. The van der Waals surface area contributed by atoms with Crippen LogP contribution in [-0.2, 0) is 6.42 Å². The zero-order chi connectivity index (χ0) is 14.1. The lowest BCUT2D eigenvalue weighted by molar-refractivity contribution is 0.381. The normalized spacial score (nSPS) is 16.4. The monoisotopic (exact) mass is 267 g/mol. The first-order valence-electron chi connectivity index (χ1n) is 7.40. The van der Waals surface area contributed by atoms with E-state index in [0.717, 1.165) is 24.3 Å². The molecule has 0 atom stereocenters. The zero-order valence-electron chi connectivity index (χ0n) is 12.5. The third kappa shape index (κ3) is 2.31. The zero-order valence-corrected chi connectivity index (χ0v) is 12.5. The Bertz CT molecular complexity index is 641. The van der Waals surface area contributed by atoms with Gasteiger partial charge in [0.25, 0.3) is 0 Å². The van der Waals surface area contributed by atoms with Gasteiger partial charge in [-0.05, 0) is 51.2 Å². The van der Waals surface area contributed by atoms with Crippen molar-refractivity contribution in [1.82, 2.24) is 5.16 Å². The number of allylic oxidation sites excluding steroid dienone is 1. The fourth-order valence-corrected chi connectivity index (χ4v) is 3.17. The van der Waals surface area contributed by atoms with E-state index >= 15 is 0 Å². The molecule has 0 unspecified atom stereocenters. The highest BCUT2D eigenvalue weighted by Crippen LogP contribution is 2.34. The number of aromatic nitrogens is 1. The van der Waals surface area contributed by atoms with Crippen molar-refractivity contribution in [1.29, 1.82) is 0 Å². The van der Waals surface area contributed by atoms with Crippen LogP contribution in [0.25, 0.3) is 17.3 Å². The lowest BCUT2D eigenvalue weighted by Gasteiger charge is -2.10. The molecule has 20 heavy (non-hydrogen) atoms. The molecule has 1 aromatic carbocycles. The summed E-state index contributed by atoms with van der Waals surface area (Å²) in [7, 11) is 0. The first-order valence-corrected chi connectivity index (χ1v) is 7.40. The van der Waals surface area contributed by atoms with Crippen molar-refractivity contribution in [3.05, 3.63) is 46.2 Å². The van der Waals surface area contributed by atoms with Gasteiger partial charge in [0.2, 0.25) is 0 Å². The van der Waals surface area contributed by atoms with Gasteiger partial charge in [-0.1, -0.05) is 35.0 Å². The van der Waals surface area contributed by atoms with Crippen LogP contribution in [0.3, 0.4) is 0 Å². The maximum Gasteiger partial charge on any atom is 0.144 e. The van der Waals surface area contributed by atoms with Gasteiger partial charge in [-0.3, -0.25) is 0 Å². The highest BCUT2D eigenvalue weighted by molar-refractivity contribution is 5.77. The number of hydrogen-bond acceptors (Lipinski definition) is 2. The molecule has 0 saturated heterocycles. The average molecular weight is 267 g/mol. The predicted molar refractivity (Wildman–Crippen MR) is 82.7 cm³/mol. The Morgan fingerprint density at radius 1 is 1.05 bits per heavy atom. The number of benzene rings is 1. The van der Waals surface area contributed by atoms with Gasteiger partial charge in [-0.15, -0.1) is 0 Å². The Hall–Kier alpha value is -1.83. The molecular formula is C18H21NO. The van der Waals surface area contributed by atoms with E-state index < -0.39 is 0 Å². The van der Waals surface area contributed by atoms with Gasteiger partial charge in [0.05, 0.1) is 0 Å². The van der Waals surface area contributed by atoms with Crippen LogP contribution in [0.4, 0.5) is 0 Å². The smallest absolute Gasteiger partial charge is 0.144 e. The van der Waals surface area contributed by atoms with Crippen molar-refractivity contribution in [3.8, 4) is 11.3 Å². The molecule has 0 saturated carbocycles. The van der Waals surface area contributed by atoms with Crippen molar-refractivity contribution in [2.45, 2.75) is 46.5 Å². The highest BCUT2D eigenvalue weighted by atomic mass is 16.5. The molecule has 0 radical (unpaired) electrons. The maximum atomic E-state index is 5.62.